The number of aryl methyl sites for hydroxylation is 2. The van der Waals surface area contributed by atoms with Gasteiger partial charge < -0.3 is 5.73 Å². The standard InChI is InChI=1S/C16H18N2O2/c1-10-4-6-13(7-5-10)12(3)14-8-11(2)9-15(16(14)17)18(19)20/h4-9,12H,17H2,1-3H3. The van der Waals surface area contributed by atoms with Crippen LogP contribution in [-0.4, -0.2) is 4.92 Å². The van der Waals surface area contributed by atoms with E-state index in [1.165, 1.54) is 11.6 Å². The van der Waals surface area contributed by atoms with E-state index in [9.17, 15) is 10.1 Å². The van der Waals surface area contributed by atoms with Crippen molar-refractivity contribution >= 4 is 11.4 Å². The summed E-state index contributed by atoms with van der Waals surface area (Å²) in [5, 5.41) is 11.1. The van der Waals surface area contributed by atoms with Gasteiger partial charge in [-0.05, 0) is 30.5 Å². The number of nitrogens with zero attached hydrogens (tertiary/aromatic N) is 1. The van der Waals surface area contributed by atoms with Crippen molar-refractivity contribution in [2.24, 2.45) is 0 Å². The van der Waals surface area contributed by atoms with Crippen LogP contribution in [0.25, 0.3) is 0 Å². The molecule has 1 unspecified atom stereocenters. The van der Waals surface area contributed by atoms with Crippen LogP contribution in [0.15, 0.2) is 36.4 Å². The van der Waals surface area contributed by atoms with Gasteiger partial charge in [0.15, 0.2) is 0 Å². The number of nitro benzene ring substituents is 1. The van der Waals surface area contributed by atoms with Crippen molar-refractivity contribution in [2.45, 2.75) is 26.7 Å². The van der Waals surface area contributed by atoms with Gasteiger partial charge in [-0.15, -0.1) is 0 Å². The molecule has 2 rings (SSSR count). The number of nitrogens with two attached hydrogens (primary N) is 1. The number of nitro groups is 1. The van der Waals surface area contributed by atoms with Gasteiger partial charge in [0.2, 0.25) is 0 Å². The smallest absolute Gasteiger partial charge is 0.292 e. The highest BCUT2D eigenvalue weighted by Crippen LogP contribution is 2.35. The first-order chi connectivity index (χ1) is 9.40. The van der Waals surface area contributed by atoms with Gasteiger partial charge in [0.1, 0.15) is 5.69 Å². The van der Waals surface area contributed by atoms with E-state index < -0.39 is 4.92 Å². The van der Waals surface area contributed by atoms with Crippen molar-refractivity contribution in [1.29, 1.82) is 0 Å². The number of anilines is 1. The van der Waals surface area contributed by atoms with Gasteiger partial charge in [-0.25, -0.2) is 0 Å². The first-order valence-electron chi connectivity index (χ1n) is 6.51. The van der Waals surface area contributed by atoms with Gasteiger partial charge in [0.25, 0.3) is 5.69 Å². The molecule has 0 radical (unpaired) electrons. The molecule has 104 valence electrons. The Bertz CT molecular complexity index is 648. The molecule has 4 nitrogen and oxygen atoms in total. The number of benzene rings is 2. The highest BCUT2D eigenvalue weighted by molar-refractivity contribution is 5.66. The van der Waals surface area contributed by atoms with Crippen molar-refractivity contribution in [1.82, 2.24) is 0 Å². The second kappa shape index (κ2) is 5.33. The van der Waals surface area contributed by atoms with Crippen molar-refractivity contribution in [3.63, 3.8) is 0 Å². The van der Waals surface area contributed by atoms with Gasteiger partial charge in [-0.1, -0.05) is 42.8 Å². The lowest BCUT2D eigenvalue weighted by molar-refractivity contribution is -0.384. The van der Waals surface area contributed by atoms with Gasteiger partial charge in [0.05, 0.1) is 4.92 Å². The third kappa shape index (κ3) is 2.64. The lowest BCUT2D eigenvalue weighted by Crippen LogP contribution is -2.05. The molecule has 0 aliphatic carbocycles. The Labute approximate surface area is 118 Å². The third-order valence-corrected chi connectivity index (χ3v) is 3.58. The van der Waals surface area contributed by atoms with Crippen LogP contribution in [0.2, 0.25) is 0 Å². The van der Waals surface area contributed by atoms with E-state index in [2.05, 4.69) is 0 Å². The summed E-state index contributed by atoms with van der Waals surface area (Å²) < 4.78 is 0. The summed E-state index contributed by atoms with van der Waals surface area (Å²) in [6.07, 6.45) is 0. The Morgan fingerprint density at radius 1 is 1.10 bits per heavy atom. The van der Waals surface area contributed by atoms with Gasteiger partial charge in [-0.2, -0.15) is 0 Å². The number of hydrogen-bond acceptors (Lipinski definition) is 3. The van der Waals surface area contributed by atoms with Crippen molar-refractivity contribution < 1.29 is 4.92 Å². The summed E-state index contributed by atoms with van der Waals surface area (Å²) in [6, 6.07) is 11.6. The van der Waals surface area contributed by atoms with Crippen molar-refractivity contribution in [3.05, 3.63) is 68.8 Å². The maximum Gasteiger partial charge on any atom is 0.292 e. The van der Waals surface area contributed by atoms with Crippen LogP contribution < -0.4 is 5.73 Å². The molecule has 0 saturated heterocycles. The maximum absolute atomic E-state index is 11.1. The normalized spacial score (nSPS) is 12.2. The molecular weight excluding hydrogens is 252 g/mol. The molecule has 1 atom stereocenters. The average molecular weight is 270 g/mol. The molecule has 4 heteroatoms. The second-order valence-corrected chi connectivity index (χ2v) is 5.18. The Kier molecular flexibility index (Phi) is 3.74. The Hall–Kier alpha value is -2.36. The zero-order valence-electron chi connectivity index (χ0n) is 11.9. The molecular formula is C16H18N2O2. The maximum atomic E-state index is 11.1. The molecule has 2 N–H and O–H groups in total. The van der Waals surface area contributed by atoms with Crippen LogP contribution in [0.5, 0.6) is 0 Å². The molecule has 0 heterocycles. The molecule has 0 amide bonds. The molecule has 0 aliphatic heterocycles. The van der Waals surface area contributed by atoms with Crippen LogP contribution in [0, 0.1) is 24.0 Å². The molecule has 2 aromatic carbocycles. The fourth-order valence-electron chi connectivity index (χ4n) is 2.35. The Balaban J connectivity index is 2.51. The minimum Gasteiger partial charge on any atom is -0.393 e. The van der Waals surface area contributed by atoms with E-state index in [4.69, 9.17) is 5.73 Å². The fraction of sp³-hybridized carbons (Fsp3) is 0.250. The van der Waals surface area contributed by atoms with E-state index in [0.717, 1.165) is 16.7 Å². The minimum atomic E-state index is -0.423. The summed E-state index contributed by atoms with van der Waals surface area (Å²) in [7, 11) is 0. The molecule has 0 spiro atoms. The fourth-order valence-corrected chi connectivity index (χ4v) is 2.35. The Morgan fingerprint density at radius 3 is 2.25 bits per heavy atom. The Morgan fingerprint density at radius 2 is 1.70 bits per heavy atom. The molecule has 0 bridgehead atoms. The summed E-state index contributed by atoms with van der Waals surface area (Å²) in [5.41, 5.74) is 10.2. The van der Waals surface area contributed by atoms with Gasteiger partial charge in [0, 0.05) is 12.0 Å². The summed E-state index contributed by atoms with van der Waals surface area (Å²) in [5.74, 6) is 0.0224. The largest absolute Gasteiger partial charge is 0.393 e. The first-order valence-corrected chi connectivity index (χ1v) is 6.51. The number of rotatable bonds is 3. The van der Waals surface area contributed by atoms with Crippen molar-refractivity contribution in [2.75, 3.05) is 5.73 Å². The predicted octanol–water partition coefficient (Wildman–Crippen LogP) is 3.95. The predicted molar refractivity (Wildman–Crippen MR) is 80.9 cm³/mol. The average Bonchev–Trinajstić information content (AvgIpc) is 2.41. The van der Waals surface area contributed by atoms with Crippen LogP contribution in [0.1, 0.15) is 35.1 Å². The first kappa shape index (κ1) is 14.1. The highest BCUT2D eigenvalue weighted by atomic mass is 16.6. The number of hydrogen-bond donors (Lipinski definition) is 1. The zero-order valence-corrected chi connectivity index (χ0v) is 11.9. The molecule has 0 fully saturated rings. The SMILES string of the molecule is Cc1ccc(C(C)c2cc(C)cc([N+](=O)[O-])c2N)cc1. The summed E-state index contributed by atoms with van der Waals surface area (Å²) in [6.45, 7) is 5.89. The molecule has 0 aromatic heterocycles. The molecule has 2 aromatic rings. The van der Waals surface area contributed by atoms with Crippen LogP contribution in [0.3, 0.4) is 0 Å². The molecule has 0 aliphatic rings. The quantitative estimate of drug-likeness (QED) is 0.521. The van der Waals surface area contributed by atoms with E-state index in [1.807, 2.05) is 51.1 Å². The zero-order chi connectivity index (χ0) is 14.9. The van der Waals surface area contributed by atoms with Gasteiger partial charge in [-0.3, -0.25) is 10.1 Å². The summed E-state index contributed by atoms with van der Waals surface area (Å²) in [4.78, 5) is 10.6. The monoisotopic (exact) mass is 270 g/mol. The highest BCUT2D eigenvalue weighted by Gasteiger charge is 2.20. The third-order valence-electron chi connectivity index (χ3n) is 3.58. The number of nitrogen functional groups attached to an aromatic ring is 1. The topological polar surface area (TPSA) is 69.2 Å². The van der Waals surface area contributed by atoms with Crippen LogP contribution in [-0.2, 0) is 0 Å². The summed E-state index contributed by atoms with van der Waals surface area (Å²) >= 11 is 0. The molecule has 0 saturated carbocycles. The molecule has 20 heavy (non-hydrogen) atoms. The second-order valence-electron chi connectivity index (χ2n) is 5.18. The van der Waals surface area contributed by atoms with Gasteiger partial charge >= 0.3 is 0 Å². The lowest BCUT2D eigenvalue weighted by Gasteiger charge is -2.16. The van der Waals surface area contributed by atoms with E-state index in [0.29, 0.717) is 0 Å². The van der Waals surface area contributed by atoms with E-state index >= 15 is 0 Å². The van der Waals surface area contributed by atoms with Crippen LogP contribution >= 0.6 is 0 Å². The van der Waals surface area contributed by atoms with E-state index in [-0.39, 0.29) is 17.3 Å². The van der Waals surface area contributed by atoms with Crippen LogP contribution in [0.4, 0.5) is 11.4 Å². The van der Waals surface area contributed by atoms with E-state index in [1.54, 1.807) is 0 Å². The minimum absolute atomic E-state index is 0.0149. The lowest BCUT2D eigenvalue weighted by atomic mass is 9.90. The van der Waals surface area contributed by atoms with Crippen molar-refractivity contribution in [3.8, 4) is 0 Å².